The van der Waals surface area contributed by atoms with Crippen molar-refractivity contribution in [2.45, 2.75) is 13.8 Å². The Morgan fingerprint density at radius 3 is 2.52 bits per heavy atom. The van der Waals surface area contributed by atoms with Crippen molar-refractivity contribution >= 4 is 52.3 Å². The zero-order valence-corrected chi connectivity index (χ0v) is 18.2. The number of aryl methyl sites for hydroxylation is 1. The van der Waals surface area contributed by atoms with Crippen LogP contribution >= 0.6 is 23.8 Å². The van der Waals surface area contributed by atoms with Crippen LogP contribution in [0.5, 0.6) is 0 Å². The lowest BCUT2D eigenvalue weighted by atomic mass is 10.1. The number of halogens is 1. The van der Waals surface area contributed by atoms with Crippen molar-refractivity contribution in [3.05, 3.63) is 86.6 Å². The number of rotatable bonds is 5. The van der Waals surface area contributed by atoms with Crippen LogP contribution in [0.4, 0.5) is 11.4 Å². The Morgan fingerprint density at radius 1 is 1.13 bits per heavy atom. The van der Waals surface area contributed by atoms with E-state index in [-0.39, 0.29) is 16.5 Å². The summed E-state index contributed by atoms with van der Waals surface area (Å²) < 4.78 is 5.70. The van der Waals surface area contributed by atoms with Gasteiger partial charge in [0.05, 0.1) is 4.92 Å². The smallest absolute Gasteiger partial charge is 0.293 e. The lowest BCUT2D eigenvalue weighted by molar-refractivity contribution is -0.383. The topological polar surface area (TPSA) is 97.4 Å². The van der Waals surface area contributed by atoms with Crippen LogP contribution in [0.25, 0.3) is 17.4 Å². The number of amides is 1. The van der Waals surface area contributed by atoms with Gasteiger partial charge in [-0.25, -0.2) is 0 Å². The van der Waals surface area contributed by atoms with Crippen molar-refractivity contribution in [3.63, 3.8) is 0 Å². The van der Waals surface area contributed by atoms with E-state index in [1.54, 1.807) is 37.3 Å². The minimum absolute atomic E-state index is 0.0484. The second kappa shape index (κ2) is 9.55. The normalized spacial score (nSPS) is 10.8. The van der Waals surface area contributed by atoms with Crippen LogP contribution in [0.15, 0.2) is 59.0 Å². The fraction of sp³-hybridized carbons (Fsp3) is 0.0909. The highest BCUT2D eigenvalue weighted by molar-refractivity contribution is 7.80. The first-order chi connectivity index (χ1) is 14.7. The number of furan rings is 1. The van der Waals surface area contributed by atoms with Crippen LogP contribution in [0, 0.1) is 24.0 Å². The number of benzene rings is 2. The lowest BCUT2D eigenvalue weighted by Gasteiger charge is -2.12. The molecular formula is C22H18ClN3O4S. The summed E-state index contributed by atoms with van der Waals surface area (Å²) in [5.41, 5.74) is 2.51. The first kappa shape index (κ1) is 22.2. The van der Waals surface area contributed by atoms with E-state index in [1.165, 1.54) is 18.2 Å². The summed E-state index contributed by atoms with van der Waals surface area (Å²) in [5.74, 6) is 0.607. The molecule has 1 amide bonds. The van der Waals surface area contributed by atoms with Gasteiger partial charge < -0.3 is 9.73 Å². The highest BCUT2D eigenvalue weighted by Gasteiger charge is 2.18. The van der Waals surface area contributed by atoms with Crippen LogP contribution in [0.3, 0.4) is 0 Å². The largest absolute Gasteiger partial charge is 0.457 e. The predicted molar refractivity (Wildman–Crippen MR) is 125 cm³/mol. The molecule has 2 aromatic carbocycles. The molecule has 0 fully saturated rings. The molecule has 0 unspecified atom stereocenters. The summed E-state index contributed by atoms with van der Waals surface area (Å²) in [6.07, 6.45) is 2.76. The number of carbonyl (C=O) groups is 1. The zero-order valence-electron chi connectivity index (χ0n) is 16.6. The summed E-state index contributed by atoms with van der Waals surface area (Å²) in [6.45, 7) is 3.57. The molecule has 1 aromatic heterocycles. The van der Waals surface area contributed by atoms with Gasteiger partial charge in [-0.1, -0.05) is 17.7 Å². The molecule has 0 radical (unpaired) electrons. The number of hydrogen-bond donors (Lipinski definition) is 2. The molecule has 0 saturated heterocycles. The first-order valence-electron chi connectivity index (χ1n) is 9.15. The molecule has 0 aliphatic carbocycles. The Hall–Kier alpha value is -3.49. The number of nitro groups is 1. The third-order valence-electron chi connectivity index (χ3n) is 4.54. The Labute approximate surface area is 188 Å². The van der Waals surface area contributed by atoms with Crippen molar-refractivity contribution < 1.29 is 14.1 Å². The molecule has 1 heterocycles. The van der Waals surface area contributed by atoms with E-state index in [2.05, 4.69) is 10.6 Å². The SMILES string of the molecule is Cc1ccc([N+](=O)[O-])c(NC(=S)NC(=O)/C=C/c2ccc(-c3ccc(Cl)cc3)o2)c1C. The number of thiocarbonyl (C=S) groups is 1. The van der Waals surface area contributed by atoms with Crippen LogP contribution in [-0.4, -0.2) is 15.9 Å². The molecule has 0 bridgehead atoms. The van der Waals surface area contributed by atoms with Gasteiger partial charge in [0.15, 0.2) is 5.11 Å². The minimum Gasteiger partial charge on any atom is -0.457 e. The second-order valence-electron chi connectivity index (χ2n) is 6.64. The van der Waals surface area contributed by atoms with Gasteiger partial charge in [0, 0.05) is 22.7 Å². The van der Waals surface area contributed by atoms with Gasteiger partial charge in [0.25, 0.3) is 5.69 Å². The maximum absolute atomic E-state index is 12.2. The summed E-state index contributed by atoms with van der Waals surface area (Å²) in [6, 6.07) is 13.7. The number of carbonyl (C=O) groups excluding carboxylic acids is 1. The molecule has 0 spiro atoms. The molecular weight excluding hydrogens is 438 g/mol. The van der Waals surface area contributed by atoms with Crippen LogP contribution in [-0.2, 0) is 4.79 Å². The number of nitrogens with one attached hydrogen (secondary N) is 2. The molecule has 9 heteroatoms. The summed E-state index contributed by atoms with van der Waals surface area (Å²) in [5, 5.41) is 17.1. The monoisotopic (exact) mass is 455 g/mol. The van der Waals surface area contributed by atoms with E-state index in [0.717, 1.165) is 11.1 Å². The molecule has 3 rings (SSSR count). The molecule has 2 N–H and O–H groups in total. The predicted octanol–water partition coefficient (Wildman–Crippen LogP) is 5.65. The van der Waals surface area contributed by atoms with Gasteiger partial charge in [0.1, 0.15) is 17.2 Å². The van der Waals surface area contributed by atoms with E-state index in [4.69, 9.17) is 28.2 Å². The number of nitrogens with zero attached hydrogens (tertiary/aromatic N) is 1. The fourth-order valence-electron chi connectivity index (χ4n) is 2.78. The van der Waals surface area contributed by atoms with Crippen molar-refractivity contribution in [1.82, 2.24) is 5.32 Å². The van der Waals surface area contributed by atoms with E-state index in [9.17, 15) is 14.9 Å². The lowest BCUT2D eigenvalue weighted by Crippen LogP contribution is -2.33. The maximum Gasteiger partial charge on any atom is 0.293 e. The summed E-state index contributed by atoms with van der Waals surface area (Å²) in [4.78, 5) is 23.0. The van der Waals surface area contributed by atoms with E-state index in [1.807, 2.05) is 19.1 Å². The Bertz CT molecular complexity index is 1190. The van der Waals surface area contributed by atoms with Gasteiger partial charge in [-0.3, -0.25) is 20.2 Å². The van der Waals surface area contributed by atoms with Crippen molar-refractivity contribution in [2.24, 2.45) is 0 Å². The molecule has 0 saturated carbocycles. The zero-order chi connectivity index (χ0) is 22.5. The first-order valence-corrected chi connectivity index (χ1v) is 9.93. The molecule has 0 aliphatic rings. The third kappa shape index (κ3) is 5.56. The molecule has 3 aromatic rings. The van der Waals surface area contributed by atoms with Crippen molar-refractivity contribution in [2.75, 3.05) is 5.32 Å². The van der Waals surface area contributed by atoms with Gasteiger partial charge in [0.2, 0.25) is 5.91 Å². The maximum atomic E-state index is 12.2. The minimum atomic E-state index is -0.506. The van der Waals surface area contributed by atoms with E-state index < -0.39 is 10.8 Å². The molecule has 0 aliphatic heterocycles. The van der Waals surface area contributed by atoms with Crippen molar-refractivity contribution in [3.8, 4) is 11.3 Å². The molecule has 158 valence electrons. The van der Waals surface area contributed by atoms with Crippen LogP contribution < -0.4 is 10.6 Å². The number of anilines is 1. The molecule has 31 heavy (non-hydrogen) atoms. The van der Waals surface area contributed by atoms with Gasteiger partial charge >= 0.3 is 0 Å². The van der Waals surface area contributed by atoms with Crippen LogP contribution in [0.2, 0.25) is 5.02 Å². The van der Waals surface area contributed by atoms with Gasteiger partial charge in [-0.15, -0.1) is 0 Å². The summed E-state index contributed by atoms with van der Waals surface area (Å²) in [7, 11) is 0. The Kier molecular flexibility index (Phi) is 6.84. The van der Waals surface area contributed by atoms with Gasteiger partial charge in [-0.05, 0) is 79.7 Å². The van der Waals surface area contributed by atoms with Gasteiger partial charge in [-0.2, -0.15) is 0 Å². The van der Waals surface area contributed by atoms with E-state index in [0.29, 0.717) is 22.1 Å². The highest BCUT2D eigenvalue weighted by atomic mass is 35.5. The quantitative estimate of drug-likeness (QED) is 0.223. The molecule has 7 nitrogen and oxygen atoms in total. The van der Waals surface area contributed by atoms with Crippen LogP contribution in [0.1, 0.15) is 16.9 Å². The standard InChI is InChI=1S/C22H18ClN3O4S/c1-13-3-10-18(26(28)29)21(14(13)2)25-22(31)24-20(27)12-9-17-8-11-19(30-17)15-4-6-16(23)7-5-15/h3-12H,1-2H3,(H2,24,25,27,31)/b12-9+. The second-order valence-corrected chi connectivity index (χ2v) is 7.49. The number of nitro benzene ring substituents is 1. The third-order valence-corrected chi connectivity index (χ3v) is 5.00. The summed E-state index contributed by atoms with van der Waals surface area (Å²) >= 11 is 11.0. The van der Waals surface area contributed by atoms with Crippen molar-refractivity contribution in [1.29, 1.82) is 0 Å². The number of hydrogen-bond acceptors (Lipinski definition) is 5. The highest BCUT2D eigenvalue weighted by Crippen LogP contribution is 2.30. The van der Waals surface area contributed by atoms with E-state index >= 15 is 0 Å². The Balaban J connectivity index is 1.64. The Morgan fingerprint density at radius 2 is 1.84 bits per heavy atom. The average molecular weight is 456 g/mol. The average Bonchev–Trinajstić information content (AvgIpc) is 3.19. The molecule has 0 atom stereocenters. The fourth-order valence-corrected chi connectivity index (χ4v) is 3.11.